The van der Waals surface area contributed by atoms with Crippen LogP contribution in [0.3, 0.4) is 0 Å². The van der Waals surface area contributed by atoms with Gasteiger partial charge in [-0.1, -0.05) is 12.2 Å². The molecule has 0 fully saturated rings. The maximum atomic E-state index is 12.5. The molecule has 7 heteroatoms. The molecule has 1 aliphatic heterocycles. The summed E-state index contributed by atoms with van der Waals surface area (Å²) in [5.74, 6) is -0.464. The Bertz CT molecular complexity index is 1230. The van der Waals surface area contributed by atoms with Gasteiger partial charge in [0.15, 0.2) is 11.6 Å². The predicted octanol–water partition coefficient (Wildman–Crippen LogP) is 2.86. The third-order valence-corrected chi connectivity index (χ3v) is 4.64. The van der Waals surface area contributed by atoms with Crippen LogP contribution in [0, 0.1) is 0 Å². The Hall–Kier alpha value is -3.51. The molecule has 0 atom stereocenters. The number of fused-ring (bicyclic) bond motifs is 3. The molecule has 1 aromatic rings. The predicted molar refractivity (Wildman–Crippen MR) is 118 cm³/mol. The SMILES string of the molecule is Cl.O=C1C=c2[nH]ccocccnc3c(cc4c(cc2C(=O)C1)=CN=C4)C=CCC3. The van der Waals surface area contributed by atoms with Crippen LogP contribution in [-0.4, -0.2) is 27.7 Å². The Kier molecular flexibility index (Phi) is 6.93. The standard InChI is InChI=1S/C23H19N3O3.ClH/c27-19-12-22-20(23(28)13-19)11-18-15-24-14-17(18)10-16-4-1-2-5-21(16)25-6-3-8-29-9-7-26-22;/h1,3-4,6-12,14-15,26H,2,5,13H2;1H. The molecule has 0 saturated heterocycles. The number of halogens is 1. The minimum absolute atomic E-state index is 0. The molecule has 0 saturated carbocycles. The molecule has 0 unspecified atom stereocenters. The lowest BCUT2D eigenvalue weighted by molar-refractivity contribution is -0.112. The minimum Gasteiger partial charge on any atom is -0.471 e. The van der Waals surface area contributed by atoms with Crippen LogP contribution in [0.15, 0.2) is 58.6 Å². The van der Waals surface area contributed by atoms with E-state index in [1.807, 2.05) is 12.1 Å². The molecule has 30 heavy (non-hydrogen) atoms. The number of ketones is 2. The van der Waals surface area contributed by atoms with E-state index in [2.05, 4.69) is 21.0 Å². The summed E-state index contributed by atoms with van der Waals surface area (Å²) in [4.78, 5) is 36.2. The maximum Gasteiger partial charge on any atom is 0.172 e. The van der Waals surface area contributed by atoms with Crippen molar-refractivity contribution in [2.45, 2.75) is 19.3 Å². The second-order valence-corrected chi connectivity index (χ2v) is 6.68. The molecule has 152 valence electrons. The van der Waals surface area contributed by atoms with Crippen molar-refractivity contribution in [2.24, 2.45) is 4.99 Å². The number of Topliss-reactive ketones (excluding diaryl/α,β-unsaturated/α-hetero) is 2. The number of carbonyl (C=O) groups is 2. The molecule has 0 radical (unpaired) electrons. The van der Waals surface area contributed by atoms with Gasteiger partial charge in [0, 0.05) is 52.9 Å². The number of aryl methyl sites for hydroxylation is 1. The zero-order valence-electron chi connectivity index (χ0n) is 16.1. The van der Waals surface area contributed by atoms with Crippen LogP contribution in [0.5, 0.6) is 0 Å². The number of nitrogens with one attached hydrogen (secondary N) is 1. The quantitative estimate of drug-likeness (QED) is 0.652. The molecule has 0 amide bonds. The van der Waals surface area contributed by atoms with Crippen LogP contribution in [0.2, 0.25) is 0 Å². The lowest BCUT2D eigenvalue weighted by atomic mass is 10.00. The maximum absolute atomic E-state index is 12.5. The second kappa shape index (κ2) is 9.80. The van der Waals surface area contributed by atoms with Crippen molar-refractivity contribution in [3.05, 3.63) is 82.1 Å². The van der Waals surface area contributed by atoms with Gasteiger partial charge in [-0.3, -0.25) is 19.6 Å². The molecule has 0 spiro atoms. The molecule has 0 aromatic carbocycles. The molecule has 2 aliphatic carbocycles. The molecular formula is C23H20ClN3O3. The summed E-state index contributed by atoms with van der Waals surface area (Å²) in [6.07, 6.45) is 16.9. The second-order valence-electron chi connectivity index (χ2n) is 6.68. The third kappa shape index (κ3) is 4.90. The largest absolute Gasteiger partial charge is 0.471 e. The van der Waals surface area contributed by atoms with Gasteiger partial charge >= 0.3 is 0 Å². The number of hydrogen-bond acceptors (Lipinski definition) is 5. The van der Waals surface area contributed by atoms with E-state index in [0.717, 1.165) is 34.9 Å². The fraction of sp³-hybridized carbons (Fsp3) is 0.130. The first-order valence-corrected chi connectivity index (χ1v) is 9.32. The van der Waals surface area contributed by atoms with Crippen molar-refractivity contribution >= 4 is 48.5 Å². The number of H-pyrrole nitrogens is 1. The summed E-state index contributed by atoms with van der Waals surface area (Å²) in [7, 11) is 0. The van der Waals surface area contributed by atoms with E-state index in [0.29, 0.717) is 10.9 Å². The Morgan fingerprint density at radius 3 is 2.90 bits per heavy atom. The van der Waals surface area contributed by atoms with Crippen LogP contribution in [0.1, 0.15) is 40.0 Å². The summed E-state index contributed by atoms with van der Waals surface area (Å²) in [5.41, 5.74) is 3.30. The number of hydrogen-bond donors (Lipinski definition) is 1. The van der Waals surface area contributed by atoms with Crippen molar-refractivity contribution < 1.29 is 14.0 Å². The van der Waals surface area contributed by atoms with E-state index in [-0.39, 0.29) is 30.4 Å². The number of rotatable bonds is 0. The molecule has 1 N–H and O–H groups in total. The van der Waals surface area contributed by atoms with Gasteiger partial charge in [-0.05, 0) is 36.6 Å². The Balaban J connectivity index is 0.00000256. The van der Waals surface area contributed by atoms with Crippen molar-refractivity contribution in [2.75, 3.05) is 0 Å². The molecule has 0 bridgehead atoms. The van der Waals surface area contributed by atoms with Gasteiger partial charge in [-0.15, -0.1) is 12.4 Å². The first-order valence-electron chi connectivity index (χ1n) is 9.32. The van der Waals surface area contributed by atoms with Crippen molar-refractivity contribution in [1.29, 1.82) is 0 Å². The molecular weight excluding hydrogens is 402 g/mol. The minimum atomic E-state index is -0.232. The van der Waals surface area contributed by atoms with E-state index >= 15 is 0 Å². The highest BCUT2D eigenvalue weighted by Gasteiger charge is 2.16. The van der Waals surface area contributed by atoms with Crippen molar-refractivity contribution in [3.63, 3.8) is 0 Å². The first-order chi connectivity index (χ1) is 14.2. The molecule has 3 aliphatic rings. The van der Waals surface area contributed by atoms with Gasteiger partial charge in [0.05, 0.1) is 18.0 Å². The summed E-state index contributed by atoms with van der Waals surface area (Å²) < 4.78 is 5.27. The third-order valence-electron chi connectivity index (χ3n) is 4.64. The van der Waals surface area contributed by atoms with E-state index < -0.39 is 0 Å². The van der Waals surface area contributed by atoms with Gasteiger partial charge in [0.1, 0.15) is 6.26 Å². The molecule has 2 heterocycles. The van der Waals surface area contributed by atoms with E-state index in [9.17, 15) is 9.59 Å². The Morgan fingerprint density at radius 1 is 1.10 bits per heavy atom. The topological polar surface area (TPSA) is 88.3 Å². The zero-order valence-corrected chi connectivity index (χ0v) is 16.9. The van der Waals surface area contributed by atoms with Gasteiger partial charge in [0.2, 0.25) is 0 Å². The molecule has 6 nitrogen and oxygen atoms in total. The van der Waals surface area contributed by atoms with Gasteiger partial charge in [0.25, 0.3) is 0 Å². The summed E-state index contributed by atoms with van der Waals surface area (Å²) in [6, 6.07) is 5.48. The monoisotopic (exact) mass is 421 g/mol. The smallest absolute Gasteiger partial charge is 0.172 e. The fourth-order valence-corrected chi connectivity index (χ4v) is 3.25. The average Bonchev–Trinajstić information content (AvgIpc) is 3.13. The number of carbonyl (C=O) groups excluding carboxylic acids is 2. The van der Waals surface area contributed by atoms with Crippen LogP contribution < -0.4 is 10.6 Å². The van der Waals surface area contributed by atoms with Crippen molar-refractivity contribution in [3.8, 4) is 0 Å². The van der Waals surface area contributed by atoms with Gasteiger partial charge in [-0.25, -0.2) is 0 Å². The molecule has 1 aromatic heterocycles. The van der Waals surface area contributed by atoms with E-state index in [1.165, 1.54) is 24.8 Å². The fourth-order valence-electron chi connectivity index (χ4n) is 3.25. The summed E-state index contributed by atoms with van der Waals surface area (Å²) in [6.45, 7) is 0. The van der Waals surface area contributed by atoms with Crippen LogP contribution in [0.25, 0.3) is 18.4 Å². The molecule has 4 rings (SSSR count). The van der Waals surface area contributed by atoms with Gasteiger partial charge < -0.3 is 9.40 Å². The number of aromatic amines is 1. The van der Waals surface area contributed by atoms with Crippen LogP contribution in [0.4, 0.5) is 0 Å². The Morgan fingerprint density at radius 2 is 2.00 bits per heavy atom. The number of allylic oxidation sites excluding steroid dienone is 1. The number of nitrogens with zero attached hydrogens (tertiary/aromatic N) is 2. The summed E-state index contributed by atoms with van der Waals surface area (Å²) in [5, 5.41) is 1.24. The van der Waals surface area contributed by atoms with Crippen LogP contribution >= 0.6 is 12.4 Å². The highest BCUT2D eigenvalue weighted by molar-refractivity contribution is 6.21. The summed E-state index contributed by atoms with van der Waals surface area (Å²) >= 11 is 0. The van der Waals surface area contributed by atoms with E-state index in [1.54, 1.807) is 30.7 Å². The number of aromatic nitrogens is 2. The highest BCUT2D eigenvalue weighted by Crippen LogP contribution is 2.15. The Labute approximate surface area is 179 Å². The van der Waals surface area contributed by atoms with E-state index in [4.69, 9.17) is 4.42 Å². The lowest BCUT2D eigenvalue weighted by Gasteiger charge is -2.06. The highest BCUT2D eigenvalue weighted by atomic mass is 35.5. The normalized spacial score (nSPS) is 14.4. The average molecular weight is 422 g/mol. The zero-order chi connectivity index (χ0) is 20.1. The first kappa shape index (κ1) is 21.2. The van der Waals surface area contributed by atoms with Crippen molar-refractivity contribution in [1.82, 2.24) is 9.97 Å². The number of aliphatic imine (C=N–C) groups is 1. The van der Waals surface area contributed by atoms with Crippen LogP contribution in [-0.2, 0) is 11.2 Å². The lowest BCUT2D eigenvalue weighted by Crippen LogP contribution is -2.26. The van der Waals surface area contributed by atoms with Gasteiger partial charge in [-0.2, -0.15) is 0 Å².